The Morgan fingerprint density at radius 3 is 1.58 bits per heavy atom. The summed E-state index contributed by atoms with van der Waals surface area (Å²) < 4.78 is 8.84. The molecule has 8 aromatic rings. The van der Waals surface area contributed by atoms with Gasteiger partial charge in [-0.2, -0.15) is 0 Å². The van der Waals surface area contributed by atoms with E-state index in [1.807, 2.05) is 64.0 Å². The van der Waals surface area contributed by atoms with Gasteiger partial charge in [-0.05, 0) is 95.8 Å². The number of halogens is 2. The van der Waals surface area contributed by atoms with Crippen LogP contribution in [0.3, 0.4) is 0 Å². The fourth-order valence-corrected chi connectivity index (χ4v) is 6.52. The third kappa shape index (κ3) is 7.79. The van der Waals surface area contributed by atoms with Gasteiger partial charge in [-0.15, -0.1) is 0 Å². The molecule has 53 heavy (non-hydrogen) atoms. The first kappa shape index (κ1) is 35.1. The quantitative estimate of drug-likeness (QED) is 0.153. The number of carbonyl (C=O) groups excluding carboxylic acids is 1. The van der Waals surface area contributed by atoms with Crippen LogP contribution in [0.25, 0.3) is 33.4 Å². The molecule has 0 aliphatic rings. The average Bonchev–Trinajstić information content (AvgIpc) is 3.81. The first-order valence-corrected chi connectivity index (χ1v) is 17.1. The average molecular weight is 742 g/mol. The fourth-order valence-electron chi connectivity index (χ4n) is 6.18. The van der Waals surface area contributed by atoms with E-state index in [0.717, 1.165) is 55.7 Å². The van der Waals surface area contributed by atoms with Crippen LogP contribution in [0.4, 0.5) is 0 Å². The second kappa shape index (κ2) is 15.5. The number of ether oxygens (including phenoxy) is 1. The maximum Gasteiger partial charge on any atom is 0.338 e. The summed E-state index contributed by atoms with van der Waals surface area (Å²) in [6.45, 7) is 0. The normalized spacial score (nSPS) is 10.9. The molecule has 0 aliphatic heterocycles. The number of nitrogens with zero attached hydrogens (tertiary/aromatic N) is 6. The number of hydrogen-bond acceptors (Lipinski definition) is 7. The summed E-state index contributed by atoms with van der Waals surface area (Å²) >= 11 is 12.0. The van der Waals surface area contributed by atoms with Gasteiger partial charge in [0, 0.05) is 58.0 Å². The van der Waals surface area contributed by atoms with E-state index in [1.54, 1.807) is 61.4 Å². The first-order chi connectivity index (χ1) is 25.8. The van der Waals surface area contributed by atoms with Gasteiger partial charge in [0.2, 0.25) is 0 Å². The number of methoxy groups -OCH3 is 1. The number of benzene rings is 4. The van der Waals surface area contributed by atoms with Gasteiger partial charge in [0.25, 0.3) is 0 Å². The molecule has 0 saturated heterocycles. The van der Waals surface area contributed by atoms with Crippen LogP contribution in [0, 0.1) is 0 Å². The summed E-state index contributed by atoms with van der Waals surface area (Å²) in [5, 5.41) is 12.5. The van der Waals surface area contributed by atoms with E-state index in [9.17, 15) is 14.7 Å². The van der Waals surface area contributed by atoms with Crippen LogP contribution < -0.4 is 0 Å². The largest absolute Gasteiger partial charge is 0.478 e. The third-order valence-electron chi connectivity index (χ3n) is 8.67. The van der Waals surface area contributed by atoms with Crippen molar-refractivity contribution in [3.63, 3.8) is 0 Å². The summed E-state index contributed by atoms with van der Waals surface area (Å²) in [5.74, 6) is 0.159. The molecule has 0 fully saturated rings. The van der Waals surface area contributed by atoms with Crippen LogP contribution in [-0.2, 0) is 17.6 Å². The number of fused-ring (bicyclic) bond motifs is 2. The van der Waals surface area contributed by atoms with Gasteiger partial charge in [-0.25, -0.2) is 19.6 Å². The predicted molar refractivity (Wildman–Crippen MR) is 205 cm³/mol. The molecule has 0 bridgehead atoms. The van der Waals surface area contributed by atoms with Gasteiger partial charge in [-0.1, -0.05) is 47.5 Å². The summed E-state index contributed by atoms with van der Waals surface area (Å²) in [5.41, 5.74) is 6.50. The molecule has 0 saturated carbocycles. The maximum absolute atomic E-state index is 12.1. The topological polar surface area (TPSA) is 125 Å². The van der Waals surface area contributed by atoms with Crippen molar-refractivity contribution in [1.29, 1.82) is 0 Å². The number of esters is 1. The lowest BCUT2D eigenvalue weighted by Crippen LogP contribution is -2.06. The van der Waals surface area contributed by atoms with Crippen molar-refractivity contribution in [2.24, 2.45) is 0 Å². The smallest absolute Gasteiger partial charge is 0.338 e. The van der Waals surface area contributed by atoms with Gasteiger partial charge in [0.15, 0.2) is 11.6 Å². The van der Waals surface area contributed by atoms with Crippen LogP contribution in [0.5, 0.6) is 0 Å². The van der Waals surface area contributed by atoms with E-state index in [1.165, 1.54) is 13.2 Å². The summed E-state index contributed by atoms with van der Waals surface area (Å²) in [6.07, 6.45) is 15.1. The molecule has 0 radical (unpaired) electrons. The van der Waals surface area contributed by atoms with Crippen molar-refractivity contribution in [2.75, 3.05) is 7.11 Å². The van der Waals surface area contributed by atoms with Crippen LogP contribution in [-0.4, -0.2) is 53.2 Å². The summed E-state index contributed by atoms with van der Waals surface area (Å²) in [6, 6.07) is 26.6. The number of aromatic carboxylic acids is 1. The lowest BCUT2D eigenvalue weighted by Gasteiger charge is -2.09. The molecule has 4 aromatic heterocycles. The molecule has 0 amide bonds. The molecule has 4 heterocycles. The van der Waals surface area contributed by atoms with Crippen molar-refractivity contribution in [2.45, 2.75) is 12.8 Å². The number of carboxylic acids is 1. The second-order valence-electron chi connectivity index (χ2n) is 12.0. The Bertz CT molecular complexity index is 2590. The highest BCUT2D eigenvalue weighted by Gasteiger charge is 2.15. The molecular weight excluding hydrogens is 711 g/mol. The zero-order valence-corrected chi connectivity index (χ0v) is 29.7. The van der Waals surface area contributed by atoms with Crippen LogP contribution in [0.2, 0.25) is 10.0 Å². The van der Waals surface area contributed by atoms with Crippen molar-refractivity contribution in [3.8, 4) is 11.6 Å². The maximum atomic E-state index is 12.1. The van der Waals surface area contributed by atoms with Gasteiger partial charge < -0.3 is 9.84 Å². The van der Waals surface area contributed by atoms with Crippen molar-refractivity contribution >= 4 is 56.9 Å². The number of rotatable bonds is 8. The van der Waals surface area contributed by atoms with Gasteiger partial charge >= 0.3 is 11.9 Å². The van der Waals surface area contributed by atoms with Crippen molar-refractivity contribution in [3.05, 3.63) is 178 Å². The molecule has 0 unspecified atom stereocenters. The van der Waals surface area contributed by atoms with Gasteiger partial charge in [-0.3, -0.25) is 19.1 Å². The minimum Gasteiger partial charge on any atom is -0.478 e. The molecule has 4 aromatic carbocycles. The van der Waals surface area contributed by atoms with E-state index < -0.39 is 5.97 Å². The SMILES string of the molecule is COC(=O)c1cc(Cl)ccc1Cc1ccc2c(ccn2-c2cnccn2)c1.O=C(O)c1cc(Cl)ccc1Cc1ccc2c(ccn2-c2cnccn2)c1. The molecule has 0 atom stereocenters. The summed E-state index contributed by atoms with van der Waals surface area (Å²) in [7, 11) is 1.37. The minimum atomic E-state index is -0.975. The van der Waals surface area contributed by atoms with Crippen LogP contribution in [0.15, 0.2) is 135 Å². The highest BCUT2D eigenvalue weighted by Crippen LogP contribution is 2.26. The van der Waals surface area contributed by atoms with E-state index in [0.29, 0.717) is 28.5 Å². The Morgan fingerprint density at radius 2 is 1.13 bits per heavy atom. The molecule has 8 rings (SSSR count). The second-order valence-corrected chi connectivity index (χ2v) is 12.9. The number of aromatic nitrogens is 6. The number of carbonyl (C=O) groups is 2. The van der Waals surface area contributed by atoms with E-state index in [-0.39, 0.29) is 11.5 Å². The van der Waals surface area contributed by atoms with Gasteiger partial charge in [0.1, 0.15) is 0 Å². The Morgan fingerprint density at radius 1 is 0.642 bits per heavy atom. The Hall–Kier alpha value is -6.36. The zero-order valence-electron chi connectivity index (χ0n) is 28.2. The predicted octanol–water partition coefficient (Wildman–Crippen LogP) is 8.81. The Kier molecular flexibility index (Phi) is 10.2. The third-order valence-corrected chi connectivity index (χ3v) is 9.14. The molecule has 0 spiro atoms. The first-order valence-electron chi connectivity index (χ1n) is 16.4. The zero-order chi connectivity index (χ0) is 36.9. The van der Waals surface area contributed by atoms with Gasteiger partial charge in [0.05, 0.1) is 41.7 Å². The Labute approximate surface area is 313 Å². The summed E-state index contributed by atoms with van der Waals surface area (Å²) in [4.78, 5) is 40.4. The minimum absolute atomic E-state index is 0.231. The van der Waals surface area contributed by atoms with Crippen molar-refractivity contribution in [1.82, 2.24) is 29.1 Å². The van der Waals surface area contributed by atoms with E-state index >= 15 is 0 Å². The lowest BCUT2D eigenvalue weighted by molar-refractivity contribution is 0.0598. The highest BCUT2D eigenvalue weighted by molar-refractivity contribution is 6.31. The monoisotopic (exact) mass is 740 g/mol. The molecule has 1 N–H and O–H groups in total. The molecule has 262 valence electrons. The standard InChI is InChI=1S/C21H16ClN3O2.C20H14ClN3O2/c1-27-21(26)18-12-17(22)4-3-15(18)10-14-2-5-19-16(11-14)6-9-25(19)20-13-23-7-8-24-20;21-16-3-2-14(17(11-16)20(25)26)9-13-1-4-18-15(10-13)5-8-24(18)19-12-22-6-7-23-19/h2-9,11-13H,10H2,1H3;1-8,10-12H,9H2,(H,25,26). The molecular formula is C41H30Cl2N6O4. The molecule has 0 aliphatic carbocycles. The molecule has 10 nitrogen and oxygen atoms in total. The Balaban J connectivity index is 0.000000164. The highest BCUT2D eigenvalue weighted by atomic mass is 35.5. The van der Waals surface area contributed by atoms with Crippen LogP contribution >= 0.6 is 23.2 Å². The number of carboxylic acid groups (broad SMARTS) is 1. The van der Waals surface area contributed by atoms with E-state index in [2.05, 4.69) is 32.1 Å². The fraction of sp³-hybridized carbons (Fsp3) is 0.0732. The lowest BCUT2D eigenvalue weighted by atomic mass is 9.99. The number of hydrogen-bond donors (Lipinski definition) is 1. The molecule has 12 heteroatoms. The van der Waals surface area contributed by atoms with Crippen molar-refractivity contribution < 1.29 is 19.4 Å². The van der Waals surface area contributed by atoms with E-state index in [4.69, 9.17) is 27.9 Å². The van der Waals surface area contributed by atoms with Crippen LogP contribution in [0.1, 0.15) is 43.0 Å².